The van der Waals surface area contributed by atoms with Crippen LogP contribution in [0.5, 0.6) is 5.75 Å². The van der Waals surface area contributed by atoms with Gasteiger partial charge in [-0.3, -0.25) is 9.69 Å². The lowest BCUT2D eigenvalue weighted by Gasteiger charge is -2.32. The lowest BCUT2D eigenvalue weighted by atomic mass is 10.2. The molecule has 0 N–H and O–H groups in total. The molecule has 1 fully saturated rings. The van der Waals surface area contributed by atoms with Crippen molar-refractivity contribution in [3.63, 3.8) is 0 Å². The molecule has 0 radical (unpaired) electrons. The van der Waals surface area contributed by atoms with Gasteiger partial charge in [0.25, 0.3) is 0 Å². The second-order valence-corrected chi connectivity index (χ2v) is 4.88. The molecule has 1 saturated heterocycles. The van der Waals surface area contributed by atoms with Crippen molar-refractivity contribution in [3.8, 4) is 5.75 Å². The number of hydrogen-bond acceptors (Lipinski definition) is 5. The number of para-hydroxylation sites is 1. The van der Waals surface area contributed by atoms with E-state index in [1.54, 1.807) is 0 Å². The quantitative estimate of drug-likeness (QED) is 0.759. The van der Waals surface area contributed by atoms with E-state index in [9.17, 15) is 4.79 Å². The molecule has 110 valence electrons. The summed E-state index contributed by atoms with van der Waals surface area (Å²) in [6.07, 6.45) is -0.0204. The summed E-state index contributed by atoms with van der Waals surface area (Å²) >= 11 is 0. The van der Waals surface area contributed by atoms with Crippen LogP contribution in [0.4, 0.5) is 0 Å². The molecule has 1 atom stereocenters. The number of hydrogen-bond donors (Lipinski definition) is 0. The van der Waals surface area contributed by atoms with Crippen LogP contribution in [0.1, 0.15) is 5.56 Å². The molecule has 0 saturated carbocycles. The molecule has 1 heterocycles. The van der Waals surface area contributed by atoms with E-state index in [0.29, 0.717) is 26.3 Å². The van der Waals surface area contributed by atoms with Crippen molar-refractivity contribution in [1.82, 2.24) is 4.90 Å². The number of ether oxygens (including phenoxy) is 3. The van der Waals surface area contributed by atoms with Crippen LogP contribution in [0.15, 0.2) is 24.3 Å². The minimum Gasteiger partial charge on any atom is -0.491 e. The van der Waals surface area contributed by atoms with Gasteiger partial charge in [0.15, 0.2) is 0 Å². The molecule has 1 aliphatic heterocycles. The summed E-state index contributed by atoms with van der Waals surface area (Å²) in [5, 5.41) is 0. The van der Waals surface area contributed by atoms with Crippen LogP contribution in [0.3, 0.4) is 0 Å². The SMILES string of the molecule is COC(=O)CN1CCOC(COc2ccccc2C)C1. The van der Waals surface area contributed by atoms with Gasteiger partial charge in [0.05, 0.1) is 20.3 Å². The lowest BCUT2D eigenvalue weighted by Crippen LogP contribution is -2.46. The van der Waals surface area contributed by atoms with E-state index in [-0.39, 0.29) is 12.1 Å². The molecule has 1 aliphatic rings. The molecule has 5 heteroatoms. The Kier molecular flexibility index (Phi) is 5.38. The number of morpholine rings is 1. The highest BCUT2D eigenvalue weighted by Gasteiger charge is 2.23. The van der Waals surface area contributed by atoms with E-state index in [1.807, 2.05) is 36.1 Å². The normalized spacial score (nSPS) is 19.6. The summed E-state index contributed by atoms with van der Waals surface area (Å²) in [5.74, 6) is 0.659. The van der Waals surface area contributed by atoms with Crippen LogP contribution in [0, 0.1) is 6.92 Å². The Balaban J connectivity index is 1.81. The molecule has 20 heavy (non-hydrogen) atoms. The fraction of sp³-hybridized carbons (Fsp3) is 0.533. The Morgan fingerprint density at radius 3 is 3.00 bits per heavy atom. The fourth-order valence-electron chi connectivity index (χ4n) is 2.17. The fourth-order valence-corrected chi connectivity index (χ4v) is 2.17. The van der Waals surface area contributed by atoms with Crippen molar-refractivity contribution in [1.29, 1.82) is 0 Å². The summed E-state index contributed by atoms with van der Waals surface area (Å²) in [6, 6.07) is 7.90. The van der Waals surface area contributed by atoms with E-state index in [0.717, 1.165) is 17.9 Å². The minimum absolute atomic E-state index is 0.0204. The molecule has 1 aromatic rings. The highest BCUT2D eigenvalue weighted by molar-refractivity contribution is 5.71. The molecule has 5 nitrogen and oxygen atoms in total. The molecule has 0 bridgehead atoms. The highest BCUT2D eigenvalue weighted by Crippen LogP contribution is 2.17. The highest BCUT2D eigenvalue weighted by atomic mass is 16.5. The first-order valence-corrected chi connectivity index (χ1v) is 6.78. The van der Waals surface area contributed by atoms with Crippen LogP contribution in [-0.4, -0.2) is 56.9 Å². The van der Waals surface area contributed by atoms with Crippen molar-refractivity contribution in [2.45, 2.75) is 13.0 Å². The Bertz CT molecular complexity index is 449. The predicted octanol–water partition coefficient (Wildman–Crippen LogP) is 1.25. The van der Waals surface area contributed by atoms with Gasteiger partial charge in [-0.15, -0.1) is 0 Å². The Labute approximate surface area is 119 Å². The molecule has 0 spiro atoms. The number of benzene rings is 1. The van der Waals surface area contributed by atoms with Crippen molar-refractivity contribution in [2.75, 3.05) is 40.0 Å². The average molecular weight is 279 g/mol. The van der Waals surface area contributed by atoms with E-state index in [2.05, 4.69) is 4.74 Å². The number of carbonyl (C=O) groups excluding carboxylic acids is 1. The van der Waals surface area contributed by atoms with Crippen molar-refractivity contribution in [2.24, 2.45) is 0 Å². The second kappa shape index (κ2) is 7.26. The minimum atomic E-state index is -0.217. The maximum absolute atomic E-state index is 11.3. The monoisotopic (exact) mass is 279 g/mol. The van der Waals surface area contributed by atoms with Crippen LogP contribution in [0.25, 0.3) is 0 Å². The van der Waals surface area contributed by atoms with E-state index in [4.69, 9.17) is 9.47 Å². The van der Waals surface area contributed by atoms with Gasteiger partial charge in [0.2, 0.25) is 0 Å². The third kappa shape index (κ3) is 4.21. The zero-order chi connectivity index (χ0) is 14.4. The number of rotatable bonds is 5. The first-order valence-electron chi connectivity index (χ1n) is 6.78. The average Bonchev–Trinajstić information content (AvgIpc) is 2.47. The Hall–Kier alpha value is -1.59. The number of methoxy groups -OCH3 is 1. The molecule has 2 rings (SSSR count). The number of nitrogens with zero attached hydrogens (tertiary/aromatic N) is 1. The van der Waals surface area contributed by atoms with Crippen molar-refractivity contribution < 1.29 is 19.0 Å². The van der Waals surface area contributed by atoms with Gasteiger partial charge in [0, 0.05) is 13.1 Å². The summed E-state index contributed by atoms with van der Waals surface area (Å²) in [5.41, 5.74) is 1.11. The molecule has 0 amide bonds. The first kappa shape index (κ1) is 14.8. The molecular weight excluding hydrogens is 258 g/mol. The topological polar surface area (TPSA) is 48.0 Å². The van der Waals surface area contributed by atoms with Gasteiger partial charge in [0.1, 0.15) is 18.5 Å². The second-order valence-electron chi connectivity index (χ2n) is 4.88. The van der Waals surface area contributed by atoms with Gasteiger partial charge in [-0.2, -0.15) is 0 Å². The summed E-state index contributed by atoms with van der Waals surface area (Å²) in [6.45, 7) is 4.85. The van der Waals surface area contributed by atoms with E-state index < -0.39 is 0 Å². The van der Waals surface area contributed by atoms with Gasteiger partial charge < -0.3 is 14.2 Å². The van der Waals surface area contributed by atoms with Crippen molar-refractivity contribution in [3.05, 3.63) is 29.8 Å². The number of esters is 1. The summed E-state index contributed by atoms with van der Waals surface area (Å²) in [4.78, 5) is 13.3. The molecule has 1 aromatic carbocycles. The smallest absolute Gasteiger partial charge is 0.319 e. The maximum atomic E-state index is 11.3. The van der Waals surface area contributed by atoms with Gasteiger partial charge >= 0.3 is 5.97 Å². The van der Waals surface area contributed by atoms with Crippen LogP contribution < -0.4 is 4.74 Å². The van der Waals surface area contributed by atoms with Crippen LogP contribution in [0.2, 0.25) is 0 Å². The molecule has 1 unspecified atom stereocenters. The Morgan fingerprint density at radius 1 is 1.45 bits per heavy atom. The molecule has 0 aliphatic carbocycles. The summed E-state index contributed by atoms with van der Waals surface area (Å²) in [7, 11) is 1.40. The number of carbonyl (C=O) groups is 1. The molecule has 0 aromatic heterocycles. The molecular formula is C15H21NO4. The van der Waals surface area contributed by atoms with E-state index >= 15 is 0 Å². The lowest BCUT2D eigenvalue weighted by molar-refractivity contribution is -0.144. The van der Waals surface area contributed by atoms with Crippen molar-refractivity contribution >= 4 is 5.97 Å². The first-order chi connectivity index (χ1) is 9.69. The van der Waals surface area contributed by atoms with Crippen LogP contribution in [-0.2, 0) is 14.3 Å². The van der Waals surface area contributed by atoms with Gasteiger partial charge in [-0.1, -0.05) is 18.2 Å². The third-order valence-electron chi connectivity index (χ3n) is 3.32. The van der Waals surface area contributed by atoms with Crippen LogP contribution >= 0.6 is 0 Å². The standard InChI is InChI=1S/C15H21NO4/c1-12-5-3-4-6-14(12)20-11-13-9-16(7-8-19-13)10-15(17)18-2/h3-6,13H,7-11H2,1-2H3. The third-order valence-corrected chi connectivity index (χ3v) is 3.32. The largest absolute Gasteiger partial charge is 0.491 e. The predicted molar refractivity (Wildman–Crippen MR) is 74.9 cm³/mol. The van der Waals surface area contributed by atoms with E-state index in [1.165, 1.54) is 7.11 Å². The zero-order valence-corrected chi connectivity index (χ0v) is 12.0. The Morgan fingerprint density at radius 2 is 2.25 bits per heavy atom. The zero-order valence-electron chi connectivity index (χ0n) is 12.0. The van der Waals surface area contributed by atoms with Gasteiger partial charge in [-0.05, 0) is 18.6 Å². The number of aryl methyl sites for hydroxylation is 1. The maximum Gasteiger partial charge on any atom is 0.319 e. The van der Waals surface area contributed by atoms with Gasteiger partial charge in [-0.25, -0.2) is 0 Å². The summed E-state index contributed by atoms with van der Waals surface area (Å²) < 4.78 is 16.1.